The van der Waals surface area contributed by atoms with Gasteiger partial charge in [-0.2, -0.15) is 0 Å². The Kier molecular flexibility index (Phi) is 7.09. The van der Waals surface area contributed by atoms with Crippen LogP contribution in [0.5, 0.6) is 17.2 Å². The van der Waals surface area contributed by atoms with Gasteiger partial charge in [-0.05, 0) is 50.2 Å². The van der Waals surface area contributed by atoms with Crippen LogP contribution in [0.15, 0.2) is 54.7 Å². The van der Waals surface area contributed by atoms with Crippen LogP contribution < -0.4 is 19.7 Å². The number of hydrogen-bond acceptors (Lipinski definition) is 6. The van der Waals surface area contributed by atoms with Crippen LogP contribution in [0.25, 0.3) is 0 Å². The highest BCUT2D eigenvalue weighted by atomic mass is 19.1. The second-order valence-electron chi connectivity index (χ2n) is 8.76. The smallest absolute Gasteiger partial charge is 0.270 e. The number of benzene rings is 2. The highest BCUT2D eigenvalue weighted by Gasteiger charge is 2.31. The summed E-state index contributed by atoms with van der Waals surface area (Å²) in [6, 6.07) is 9.79. The molecule has 3 aromatic rings. The van der Waals surface area contributed by atoms with E-state index < -0.39 is 40.8 Å². The Morgan fingerprint density at radius 3 is 2.65 bits per heavy atom. The van der Waals surface area contributed by atoms with Gasteiger partial charge in [0.15, 0.2) is 17.4 Å². The maximum absolute atomic E-state index is 13.9. The number of aromatic nitrogens is 1. The minimum absolute atomic E-state index is 0.0168. The first-order valence-electron chi connectivity index (χ1n) is 11.2. The molecule has 8 nitrogen and oxygen atoms in total. The van der Waals surface area contributed by atoms with Gasteiger partial charge in [-0.15, -0.1) is 0 Å². The maximum atomic E-state index is 13.9. The lowest BCUT2D eigenvalue weighted by molar-refractivity contribution is -0.120. The molecule has 1 aromatic heterocycles. The molecule has 190 valence electrons. The van der Waals surface area contributed by atoms with Gasteiger partial charge >= 0.3 is 0 Å². The highest BCUT2D eigenvalue weighted by Crippen LogP contribution is 2.32. The number of hydrogen-bond donors (Lipinski definition) is 2. The van der Waals surface area contributed by atoms with Crippen molar-refractivity contribution in [1.82, 2.24) is 10.3 Å². The fourth-order valence-electron chi connectivity index (χ4n) is 3.43. The van der Waals surface area contributed by atoms with E-state index in [1.54, 1.807) is 32.0 Å². The predicted octanol–water partition coefficient (Wildman–Crippen LogP) is 3.43. The van der Waals surface area contributed by atoms with Crippen molar-refractivity contribution >= 4 is 17.5 Å². The molecule has 0 radical (unpaired) electrons. The largest absolute Gasteiger partial charge is 0.489 e. The molecular formula is C27H23F2N3O5. The molecule has 0 saturated heterocycles. The van der Waals surface area contributed by atoms with E-state index in [4.69, 9.17) is 9.47 Å². The SMILES string of the molecule is CN1C(=O)[C@H](NC(=O)c2cc(Oc3c(F)cccc3F)ccn2)COc2ccc(C#CC(C)(C)O)cc21. The number of nitrogens with zero attached hydrogens (tertiary/aromatic N) is 2. The van der Waals surface area contributed by atoms with E-state index in [0.717, 1.165) is 12.1 Å². The molecule has 0 aliphatic carbocycles. The summed E-state index contributed by atoms with van der Waals surface area (Å²) in [5.41, 5.74) is -0.292. The Morgan fingerprint density at radius 1 is 1.22 bits per heavy atom. The Labute approximate surface area is 211 Å². The molecule has 0 fully saturated rings. The topological polar surface area (TPSA) is 101 Å². The van der Waals surface area contributed by atoms with E-state index in [1.165, 1.54) is 36.3 Å². The third kappa shape index (κ3) is 6.02. The molecule has 0 unspecified atom stereocenters. The van der Waals surface area contributed by atoms with Gasteiger partial charge in [0.05, 0.1) is 5.69 Å². The Bertz CT molecular complexity index is 1410. The molecule has 2 aromatic carbocycles. The number of nitrogens with one attached hydrogen (secondary N) is 1. The number of fused-ring (bicyclic) bond motifs is 1. The summed E-state index contributed by atoms with van der Waals surface area (Å²) < 4.78 is 38.9. The van der Waals surface area contributed by atoms with Crippen LogP contribution in [0, 0.1) is 23.5 Å². The molecule has 4 rings (SSSR count). The maximum Gasteiger partial charge on any atom is 0.270 e. The summed E-state index contributed by atoms with van der Waals surface area (Å²) in [5, 5.41) is 12.4. The van der Waals surface area contributed by atoms with Gasteiger partial charge in [0.2, 0.25) is 0 Å². The number of rotatable bonds is 4. The number of carbonyl (C=O) groups excluding carboxylic acids is 2. The number of anilines is 1. The third-order valence-corrected chi connectivity index (χ3v) is 5.28. The van der Waals surface area contributed by atoms with Gasteiger partial charge in [0, 0.05) is 24.9 Å². The molecular weight excluding hydrogens is 484 g/mol. The highest BCUT2D eigenvalue weighted by molar-refractivity contribution is 6.03. The molecule has 1 aliphatic heterocycles. The van der Waals surface area contributed by atoms with Gasteiger partial charge in [-0.3, -0.25) is 14.6 Å². The van der Waals surface area contributed by atoms with Crippen molar-refractivity contribution in [3.05, 3.63) is 77.6 Å². The Balaban J connectivity index is 1.50. The van der Waals surface area contributed by atoms with Crippen LogP contribution >= 0.6 is 0 Å². The van der Waals surface area contributed by atoms with Gasteiger partial charge in [0.25, 0.3) is 11.8 Å². The second kappa shape index (κ2) is 10.2. The zero-order chi connectivity index (χ0) is 26.7. The van der Waals surface area contributed by atoms with Crippen molar-refractivity contribution < 1.29 is 33.0 Å². The van der Waals surface area contributed by atoms with Crippen molar-refractivity contribution in [3.8, 4) is 29.1 Å². The summed E-state index contributed by atoms with van der Waals surface area (Å²) in [6.07, 6.45) is 1.24. The molecule has 2 amide bonds. The number of halogens is 2. The average molecular weight is 507 g/mol. The van der Waals surface area contributed by atoms with E-state index in [2.05, 4.69) is 22.1 Å². The minimum Gasteiger partial charge on any atom is -0.489 e. The molecule has 10 heteroatoms. The number of likely N-dealkylation sites (N-methyl/N-ethyl adjacent to an activating group) is 1. The van der Waals surface area contributed by atoms with Crippen molar-refractivity contribution in [2.45, 2.75) is 25.5 Å². The molecule has 1 aliphatic rings. The van der Waals surface area contributed by atoms with E-state index in [-0.39, 0.29) is 18.1 Å². The number of aliphatic hydroxyl groups is 1. The first kappa shape index (κ1) is 25.6. The number of pyridine rings is 1. The van der Waals surface area contributed by atoms with Crippen molar-refractivity contribution in [1.29, 1.82) is 0 Å². The van der Waals surface area contributed by atoms with Crippen LogP contribution in [0.1, 0.15) is 29.9 Å². The Hall–Kier alpha value is -4.49. The van der Waals surface area contributed by atoms with Gasteiger partial charge < -0.3 is 24.8 Å². The standard InChI is InChI=1S/C27H23F2N3O5/c1-27(2,35)11-9-16-7-8-23-22(13-16)32(3)26(34)21(15-36-23)31-25(33)20-14-17(10-12-30-20)37-24-18(28)5-4-6-19(24)29/h4-8,10,12-14,21,35H,15H2,1-3H3,(H,31,33)/t21-/m1/s1. The zero-order valence-electron chi connectivity index (χ0n) is 20.2. The Morgan fingerprint density at radius 2 is 1.95 bits per heavy atom. The van der Waals surface area contributed by atoms with E-state index >= 15 is 0 Å². The van der Waals surface area contributed by atoms with Crippen molar-refractivity contribution in [2.75, 3.05) is 18.6 Å². The van der Waals surface area contributed by atoms with E-state index in [1.807, 2.05) is 0 Å². The average Bonchev–Trinajstić information content (AvgIpc) is 2.97. The fraction of sp³-hybridized carbons (Fsp3) is 0.222. The van der Waals surface area contributed by atoms with Gasteiger partial charge in [-0.1, -0.05) is 17.9 Å². The third-order valence-electron chi connectivity index (χ3n) is 5.28. The summed E-state index contributed by atoms with van der Waals surface area (Å²) in [7, 11) is 1.54. The zero-order valence-corrected chi connectivity index (χ0v) is 20.2. The monoisotopic (exact) mass is 507 g/mol. The van der Waals surface area contributed by atoms with Crippen LogP contribution in [0.2, 0.25) is 0 Å². The van der Waals surface area contributed by atoms with Crippen LogP contribution in [0.4, 0.5) is 14.5 Å². The van der Waals surface area contributed by atoms with Crippen molar-refractivity contribution in [2.24, 2.45) is 0 Å². The molecule has 0 bridgehead atoms. The molecule has 37 heavy (non-hydrogen) atoms. The second-order valence-corrected chi connectivity index (χ2v) is 8.76. The summed E-state index contributed by atoms with van der Waals surface area (Å²) in [4.78, 5) is 31.3. The van der Waals surface area contributed by atoms with Gasteiger partial charge in [0.1, 0.15) is 35.4 Å². The number of amides is 2. The summed E-state index contributed by atoms with van der Waals surface area (Å²) >= 11 is 0. The first-order valence-corrected chi connectivity index (χ1v) is 11.2. The normalized spacial score (nSPS) is 15.0. The van der Waals surface area contributed by atoms with Crippen molar-refractivity contribution in [3.63, 3.8) is 0 Å². The summed E-state index contributed by atoms with van der Waals surface area (Å²) in [5.74, 6) is 2.40. The van der Waals surface area contributed by atoms with E-state index in [9.17, 15) is 23.5 Å². The molecule has 2 heterocycles. The fourth-order valence-corrected chi connectivity index (χ4v) is 3.43. The lowest BCUT2D eigenvalue weighted by Crippen LogP contribution is -2.49. The lowest BCUT2D eigenvalue weighted by Gasteiger charge is -2.20. The van der Waals surface area contributed by atoms with Crippen LogP contribution in [-0.2, 0) is 4.79 Å². The molecule has 0 saturated carbocycles. The van der Waals surface area contributed by atoms with E-state index in [0.29, 0.717) is 17.0 Å². The minimum atomic E-state index is -1.18. The quantitative estimate of drug-likeness (QED) is 0.525. The lowest BCUT2D eigenvalue weighted by atomic mass is 10.1. The number of carbonyl (C=O) groups is 2. The molecule has 2 N–H and O–H groups in total. The number of para-hydroxylation sites is 1. The first-order chi connectivity index (χ1) is 17.5. The van der Waals surface area contributed by atoms with Gasteiger partial charge in [-0.25, -0.2) is 8.78 Å². The van der Waals surface area contributed by atoms with Crippen LogP contribution in [0.3, 0.4) is 0 Å². The number of ether oxygens (including phenoxy) is 2. The predicted molar refractivity (Wildman–Crippen MR) is 130 cm³/mol. The summed E-state index contributed by atoms with van der Waals surface area (Å²) in [6.45, 7) is 2.97. The molecule has 1 atom stereocenters. The van der Waals surface area contributed by atoms with Crippen LogP contribution in [-0.4, -0.2) is 47.2 Å². The molecule has 0 spiro atoms.